The van der Waals surface area contributed by atoms with Crippen LogP contribution in [0.4, 0.5) is 0 Å². The summed E-state index contributed by atoms with van der Waals surface area (Å²) in [5.74, 6) is -0.950. The summed E-state index contributed by atoms with van der Waals surface area (Å²) in [6.45, 7) is -0.110. The van der Waals surface area contributed by atoms with Gasteiger partial charge in [0.15, 0.2) is 6.10 Å². The molecule has 23 heavy (non-hydrogen) atoms. The molecule has 10 nitrogen and oxygen atoms in total. The molecule has 0 aliphatic rings. The van der Waals surface area contributed by atoms with Gasteiger partial charge in [-0.3, -0.25) is 4.79 Å². The van der Waals surface area contributed by atoms with Crippen molar-refractivity contribution in [1.29, 1.82) is 0 Å². The number of carbonyl (C=O) groups is 1. The van der Waals surface area contributed by atoms with Gasteiger partial charge in [-0.2, -0.15) is 0 Å². The maximum absolute atomic E-state index is 11.6. The third kappa shape index (κ3) is 7.50. The predicted octanol–water partition coefficient (Wildman–Crippen LogP) is -4.61. The number of carbonyl (C=O) groups excluding carboxylic acids is 1. The summed E-state index contributed by atoms with van der Waals surface area (Å²) < 4.78 is 0. The lowest BCUT2D eigenvalue weighted by Gasteiger charge is -2.30. The zero-order valence-corrected chi connectivity index (χ0v) is 12.8. The number of nitrogens with two attached hydrogens (primary N) is 1. The van der Waals surface area contributed by atoms with Crippen LogP contribution >= 0.6 is 0 Å². The monoisotopic (exact) mass is 340 g/mol. The molecule has 6 unspecified atom stereocenters. The van der Waals surface area contributed by atoms with Gasteiger partial charge >= 0.3 is 0 Å². The normalized spacial score (nSPS) is 19.5. The van der Waals surface area contributed by atoms with Gasteiger partial charge in [-0.25, -0.2) is 0 Å². The van der Waals surface area contributed by atoms with Crippen molar-refractivity contribution in [3.8, 4) is 0 Å². The molecule has 0 heterocycles. The van der Waals surface area contributed by atoms with Crippen molar-refractivity contribution in [1.82, 2.24) is 5.32 Å². The molecule has 0 aliphatic carbocycles. The fraction of sp³-hybridized carbons (Fsp3) is 0.923. The van der Waals surface area contributed by atoms with Crippen LogP contribution in [0, 0.1) is 0 Å². The van der Waals surface area contributed by atoms with Gasteiger partial charge in [0.25, 0.3) is 5.91 Å². The van der Waals surface area contributed by atoms with Crippen molar-refractivity contribution >= 4 is 5.91 Å². The number of hydrogen-bond acceptors (Lipinski definition) is 9. The van der Waals surface area contributed by atoms with Crippen molar-refractivity contribution in [2.45, 2.75) is 55.9 Å². The minimum absolute atomic E-state index is 0.243. The molecule has 10 N–H and O–H groups in total. The van der Waals surface area contributed by atoms with E-state index in [1.807, 2.05) is 0 Å². The van der Waals surface area contributed by atoms with Crippen molar-refractivity contribution in [2.75, 3.05) is 19.7 Å². The zero-order valence-electron chi connectivity index (χ0n) is 12.8. The first-order valence-corrected chi connectivity index (χ1v) is 7.44. The SMILES string of the molecule is NCCCCCNC(=O)C(O)C(O)C(O)C(O)C(O)C(O)CO. The number of rotatable bonds is 12. The highest BCUT2D eigenvalue weighted by molar-refractivity contribution is 5.81. The van der Waals surface area contributed by atoms with Crippen LogP contribution in [0.5, 0.6) is 0 Å². The molecule has 10 heteroatoms. The molecule has 0 saturated heterocycles. The first-order chi connectivity index (χ1) is 10.8. The minimum atomic E-state index is -2.11. The Morgan fingerprint density at radius 1 is 0.870 bits per heavy atom. The van der Waals surface area contributed by atoms with E-state index in [1.165, 1.54) is 0 Å². The van der Waals surface area contributed by atoms with E-state index in [0.717, 1.165) is 12.8 Å². The number of nitrogens with one attached hydrogen (secondary N) is 1. The summed E-state index contributed by atoms with van der Waals surface area (Å²) in [5.41, 5.74) is 5.31. The summed E-state index contributed by atoms with van der Waals surface area (Å²) in [6.07, 6.45) is -9.82. The van der Waals surface area contributed by atoms with E-state index in [2.05, 4.69) is 5.32 Å². The second-order valence-electron chi connectivity index (χ2n) is 5.30. The van der Waals surface area contributed by atoms with Crippen LogP contribution in [-0.4, -0.2) is 98.0 Å². The molecule has 0 spiro atoms. The van der Waals surface area contributed by atoms with Crippen molar-refractivity contribution in [3.05, 3.63) is 0 Å². The molecule has 0 bridgehead atoms. The van der Waals surface area contributed by atoms with Crippen LogP contribution in [0.2, 0.25) is 0 Å². The first kappa shape index (κ1) is 22.1. The van der Waals surface area contributed by atoms with Gasteiger partial charge in [0, 0.05) is 6.54 Å². The van der Waals surface area contributed by atoms with E-state index in [9.17, 15) is 30.3 Å². The molecule has 0 aromatic carbocycles. The van der Waals surface area contributed by atoms with Crippen LogP contribution in [0.3, 0.4) is 0 Å². The zero-order chi connectivity index (χ0) is 18.0. The van der Waals surface area contributed by atoms with E-state index in [0.29, 0.717) is 13.0 Å². The Kier molecular flexibility index (Phi) is 11.2. The molecule has 6 atom stereocenters. The van der Waals surface area contributed by atoms with Crippen LogP contribution in [0.15, 0.2) is 0 Å². The van der Waals surface area contributed by atoms with Crippen LogP contribution in [-0.2, 0) is 4.79 Å². The third-order valence-electron chi connectivity index (χ3n) is 3.40. The average molecular weight is 340 g/mol. The second-order valence-corrected chi connectivity index (χ2v) is 5.30. The minimum Gasteiger partial charge on any atom is -0.394 e. The van der Waals surface area contributed by atoms with Gasteiger partial charge in [-0.05, 0) is 19.4 Å². The van der Waals surface area contributed by atoms with E-state index >= 15 is 0 Å². The third-order valence-corrected chi connectivity index (χ3v) is 3.40. The maximum atomic E-state index is 11.6. The Balaban J connectivity index is 4.39. The molecule has 0 aliphatic heterocycles. The number of unbranched alkanes of at least 4 members (excludes halogenated alkanes) is 2. The molecule has 0 saturated carbocycles. The van der Waals surface area contributed by atoms with Crippen molar-refractivity contribution in [3.63, 3.8) is 0 Å². The summed E-state index contributed by atoms with van der Waals surface area (Å²) in [6, 6.07) is 0. The molecule has 0 aromatic rings. The van der Waals surface area contributed by atoms with Gasteiger partial charge in [-0.1, -0.05) is 6.42 Å². The molecule has 0 radical (unpaired) electrons. The number of hydrogen-bond donors (Lipinski definition) is 9. The summed E-state index contributed by atoms with van der Waals surface area (Å²) in [7, 11) is 0. The van der Waals surface area contributed by atoms with Gasteiger partial charge in [0.1, 0.15) is 30.5 Å². The summed E-state index contributed by atoms with van der Waals surface area (Å²) in [5, 5.41) is 68.1. The summed E-state index contributed by atoms with van der Waals surface area (Å²) >= 11 is 0. The largest absolute Gasteiger partial charge is 0.394 e. The second kappa shape index (κ2) is 11.6. The van der Waals surface area contributed by atoms with Crippen molar-refractivity contribution < 1.29 is 40.5 Å². The highest BCUT2D eigenvalue weighted by Gasteiger charge is 2.39. The Morgan fingerprint density at radius 3 is 1.96 bits per heavy atom. The van der Waals surface area contributed by atoms with Gasteiger partial charge in [0.2, 0.25) is 0 Å². The maximum Gasteiger partial charge on any atom is 0.251 e. The molecule has 138 valence electrons. The topological polar surface area (TPSA) is 197 Å². The van der Waals surface area contributed by atoms with Gasteiger partial charge < -0.3 is 46.8 Å². The fourth-order valence-corrected chi connectivity index (χ4v) is 1.84. The number of amides is 1. The molecule has 0 aromatic heterocycles. The van der Waals surface area contributed by atoms with Crippen LogP contribution in [0.25, 0.3) is 0 Å². The van der Waals surface area contributed by atoms with E-state index < -0.39 is 49.1 Å². The summed E-state index contributed by atoms with van der Waals surface area (Å²) in [4.78, 5) is 11.6. The Labute approximate surface area is 134 Å². The van der Waals surface area contributed by atoms with Crippen LogP contribution < -0.4 is 11.1 Å². The lowest BCUT2D eigenvalue weighted by molar-refractivity contribution is -0.165. The van der Waals surface area contributed by atoms with Crippen molar-refractivity contribution in [2.24, 2.45) is 5.73 Å². The molecular formula is C13H28N2O8. The number of aliphatic hydroxyl groups excluding tert-OH is 7. The smallest absolute Gasteiger partial charge is 0.251 e. The molecule has 1 amide bonds. The Hall–Kier alpha value is -0.850. The van der Waals surface area contributed by atoms with E-state index in [4.69, 9.17) is 15.9 Å². The van der Waals surface area contributed by atoms with E-state index in [1.54, 1.807) is 0 Å². The van der Waals surface area contributed by atoms with Crippen LogP contribution in [0.1, 0.15) is 19.3 Å². The first-order valence-electron chi connectivity index (χ1n) is 7.44. The Morgan fingerprint density at radius 2 is 1.43 bits per heavy atom. The van der Waals surface area contributed by atoms with Gasteiger partial charge in [0.05, 0.1) is 6.61 Å². The van der Waals surface area contributed by atoms with E-state index in [-0.39, 0.29) is 6.54 Å². The van der Waals surface area contributed by atoms with Gasteiger partial charge in [-0.15, -0.1) is 0 Å². The predicted molar refractivity (Wildman–Crippen MR) is 79.0 cm³/mol. The molecule has 0 fully saturated rings. The quantitative estimate of drug-likeness (QED) is 0.157. The molecule has 0 rings (SSSR count). The average Bonchev–Trinajstić information content (AvgIpc) is 2.57. The highest BCUT2D eigenvalue weighted by Crippen LogP contribution is 2.11. The Bertz CT molecular complexity index is 333. The molecular weight excluding hydrogens is 312 g/mol. The standard InChI is InChI=1S/C13H28N2O8/c14-4-2-1-3-5-15-13(23)12(22)11(21)10(20)9(19)8(18)7(17)6-16/h7-12,16-22H,1-6,14H2,(H,15,23). The highest BCUT2D eigenvalue weighted by atomic mass is 16.4. The lowest BCUT2D eigenvalue weighted by Crippen LogP contribution is -2.55. The number of aliphatic hydroxyl groups is 7. The fourth-order valence-electron chi connectivity index (χ4n) is 1.84. The lowest BCUT2D eigenvalue weighted by atomic mass is 9.96.